The standard InChI is InChI=1S/C28H36N2O6/c1-30(2)23(31)10-9-18-5-7-19(8-6-18)12-22(24(32)35-3)29-25(33)27-13-20-11-21(14-27)16-28(15-20,17-27)26(34)36-4/h5-10,20-22H,11-17H2,1-4H3,(H,29,33)/t20?,21?,22-,27?,28?/m0/s1. The maximum absolute atomic E-state index is 13.7. The third kappa shape index (κ3) is 5.04. The number of carbonyl (C=O) groups is 4. The zero-order valence-electron chi connectivity index (χ0n) is 21.5. The number of hydrogen-bond donors (Lipinski definition) is 1. The Morgan fingerprint density at radius 3 is 2.17 bits per heavy atom. The molecule has 8 heteroatoms. The molecule has 1 aromatic carbocycles. The van der Waals surface area contributed by atoms with Crippen LogP contribution in [-0.4, -0.2) is 63.0 Å². The van der Waals surface area contributed by atoms with E-state index < -0.39 is 22.8 Å². The molecule has 1 aromatic rings. The molecule has 4 aliphatic carbocycles. The fraction of sp³-hybridized carbons (Fsp3) is 0.571. The van der Waals surface area contributed by atoms with Gasteiger partial charge in [-0.25, -0.2) is 4.79 Å². The van der Waals surface area contributed by atoms with Gasteiger partial charge in [-0.15, -0.1) is 0 Å². The quantitative estimate of drug-likeness (QED) is 0.439. The summed E-state index contributed by atoms with van der Waals surface area (Å²) < 4.78 is 10.2. The number of carbonyl (C=O) groups excluding carboxylic acids is 4. The van der Waals surface area contributed by atoms with Crippen molar-refractivity contribution in [3.63, 3.8) is 0 Å². The maximum Gasteiger partial charge on any atom is 0.328 e. The van der Waals surface area contributed by atoms with Gasteiger partial charge in [-0.1, -0.05) is 24.3 Å². The number of esters is 2. The van der Waals surface area contributed by atoms with Crippen molar-refractivity contribution in [2.75, 3.05) is 28.3 Å². The van der Waals surface area contributed by atoms with Gasteiger partial charge in [-0.3, -0.25) is 14.4 Å². The Balaban J connectivity index is 1.48. The van der Waals surface area contributed by atoms with E-state index in [-0.39, 0.29) is 24.2 Å². The number of nitrogens with zero attached hydrogens (tertiary/aromatic N) is 1. The molecule has 8 nitrogen and oxygen atoms in total. The molecule has 0 radical (unpaired) electrons. The van der Waals surface area contributed by atoms with E-state index in [2.05, 4.69) is 5.32 Å². The molecule has 1 N–H and O–H groups in total. The van der Waals surface area contributed by atoms with Crippen LogP contribution < -0.4 is 5.32 Å². The molecular weight excluding hydrogens is 460 g/mol. The molecule has 194 valence electrons. The molecule has 4 bridgehead atoms. The van der Waals surface area contributed by atoms with Gasteiger partial charge in [-0.05, 0) is 67.6 Å². The lowest BCUT2D eigenvalue weighted by molar-refractivity contribution is -0.182. The number of nitrogens with one attached hydrogen (secondary N) is 1. The summed E-state index contributed by atoms with van der Waals surface area (Å²) in [7, 11) is 6.11. The van der Waals surface area contributed by atoms with Crippen LogP contribution >= 0.6 is 0 Å². The van der Waals surface area contributed by atoms with Crippen molar-refractivity contribution in [3.05, 3.63) is 41.5 Å². The van der Waals surface area contributed by atoms with Crippen molar-refractivity contribution in [1.29, 1.82) is 0 Å². The van der Waals surface area contributed by atoms with E-state index in [1.165, 1.54) is 25.2 Å². The fourth-order valence-corrected chi connectivity index (χ4v) is 6.95. The molecule has 4 saturated carbocycles. The Kier molecular flexibility index (Phi) is 7.25. The molecule has 0 saturated heterocycles. The van der Waals surface area contributed by atoms with E-state index >= 15 is 0 Å². The maximum atomic E-state index is 13.7. The van der Waals surface area contributed by atoms with Crippen molar-refractivity contribution >= 4 is 29.8 Å². The van der Waals surface area contributed by atoms with Gasteiger partial charge < -0.3 is 19.7 Å². The van der Waals surface area contributed by atoms with Gasteiger partial charge in [0.05, 0.1) is 25.0 Å². The number of amides is 2. The number of ether oxygens (including phenoxy) is 2. The Morgan fingerprint density at radius 1 is 1.00 bits per heavy atom. The molecule has 2 unspecified atom stereocenters. The molecule has 4 fully saturated rings. The minimum atomic E-state index is -0.832. The highest BCUT2D eigenvalue weighted by atomic mass is 16.5. The van der Waals surface area contributed by atoms with Crippen LogP contribution in [0.15, 0.2) is 30.3 Å². The minimum Gasteiger partial charge on any atom is -0.469 e. The summed E-state index contributed by atoms with van der Waals surface area (Å²) >= 11 is 0. The van der Waals surface area contributed by atoms with Crippen molar-refractivity contribution in [1.82, 2.24) is 10.2 Å². The van der Waals surface area contributed by atoms with Crippen LogP contribution in [0.4, 0.5) is 0 Å². The summed E-state index contributed by atoms with van der Waals surface area (Å²) in [6, 6.07) is 6.65. The highest BCUT2D eigenvalue weighted by molar-refractivity contribution is 5.91. The summed E-state index contributed by atoms with van der Waals surface area (Å²) in [6.07, 6.45) is 8.10. The molecule has 0 heterocycles. The first kappa shape index (κ1) is 25.9. The molecule has 36 heavy (non-hydrogen) atoms. The summed E-state index contributed by atoms with van der Waals surface area (Å²) in [4.78, 5) is 52.3. The van der Waals surface area contributed by atoms with E-state index in [0.717, 1.165) is 43.2 Å². The van der Waals surface area contributed by atoms with Gasteiger partial charge in [0.2, 0.25) is 11.8 Å². The average molecular weight is 497 g/mol. The van der Waals surface area contributed by atoms with Crippen molar-refractivity contribution < 1.29 is 28.7 Å². The number of benzene rings is 1. The topological polar surface area (TPSA) is 102 Å². The van der Waals surface area contributed by atoms with Crippen molar-refractivity contribution in [3.8, 4) is 0 Å². The molecule has 0 aliphatic heterocycles. The third-order valence-corrected chi connectivity index (χ3v) is 8.23. The predicted molar refractivity (Wildman–Crippen MR) is 133 cm³/mol. The molecule has 0 aromatic heterocycles. The Morgan fingerprint density at radius 2 is 1.61 bits per heavy atom. The fourth-order valence-electron chi connectivity index (χ4n) is 6.95. The first-order valence-electron chi connectivity index (χ1n) is 12.6. The van der Waals surface area contributed by atoms with Gasteiger partial charge in [0, 0.05) is 26.6 Å². The minimum absolute atomic E-state index is 0.105. The molecule has 5 rings (SSSR count). The summed E-state index contributed by atoms with van der Waals surface area (Å²) in [5.74, 6) is -0.329. The van der Waals surface area contributed by atoms with Gasteiger partial charge in [0.25, 0.3) is 0 Å². The van der Waals surface area contributed by atoms with Gasteiger partial charge in [0.1, 0.15) is 6.04 Å². The van der Waals surface area contributed by atoms with E-state index in [1.807, 2.05) is 24.3 Å². The van der Waals surface area contributed by atoms with Crippen LogP contribution in [0, 0.1) is 22.7 Å². The summed E-state index contributed by atoms with van der Waals surface area (Å²) in [5, 5.41) is 2.98. The second kappa shape index (κ2) is 10.1. The lowest BCUT2D eigenvalue weighted by atomic mass is 9.44. The largest absolute Gasteiger partial charge is 0.469 e. The Hall–Kier alpha value is -3.16. The summed E-state index contributed by atoms with van der Waals surface area (Å²) in [6.45, 7) is 0. The van der Waals surface area contributed by atoms with Gasteiger partial charge in [-0.2, -0.15) is 0 Å². The number of rotatable bonds is 8. The zero-order chi connectivity index (χ0) is 26.1. The first-order chi connectivity index (χ1) is 17.1. The molecular formula is C28H36N2O6. The van der Waals surface area contributed by atoms with Crippen LogP contribution in [-0.2, 0) is 35.1 Å². The van der Waals surface area contributed by atoms with E-state index in [1.54, 1.807) is 20.2 Å². The molecule has 0 spiro atoms. The van der Waals surface area contributed by atoms with E-state index in [0.29, 0.717) is 18.3 Å². The predicted octanol–water partition coefficient (Wildman–Crippen LogP) is 2.75. The van der Waals surface area contributed by atoms with Crippen LogP contribution in [0.1, 0.15) is 49.7 Å². The van der Waals surface area contributed by atoms with E-state index in [9.17, 15) is 19.2 Å². The average Bonchev–Trinajstić information content (AvgIpc) is 2.85. The smallest absolute Gasteiger partial charge is 0.328 e. The van der Waals surface area contributed by atoms with Crippen LogP contribution in [0.25, 0.3) is 6.08 Å². The van der Waals surface area contributed by atoms with Crippen molar-refractivity contribution in [2.24, 2.45) is 22.7 Å². The SMILES string of the molecule is COC(=O)[C@H](Cc1ccc(C=CC(=O)N(C)C)cc1)NC(=O)C12CC3CC(C1)CC(C(=O)OC)(C3)C2. The first-order valence-corrected chi connectivity index (χ1v) is 12.6. The van der Waals surface area contributed by atoms with Crippen molar-refractivity contribution in [2.45, 2.75) is 51.0 Å². The van der Waals surface area contributed by atoms with E-state index in [4.69, 9.17) is 9.47 Å². The Labute approximate surface area is 212 Å². The normalized spacial score (nSPS) is 29.0. The van der Waals surface area contributed by atoms with Crippen LogP contribution in [0.2, 0.25) is 0 Å². The van der Waals surface area contributed by atoms with Crippen LogP contribution in [0.5, 0.6) is 0 Å². The van der Waals surface area contributed by atoms with Crippen LogP contribution in [0.3, 0.4) is 0 Å². The van der Waals surface area contributed by atoms with Gasteiger partial charge >= 0.3 is 11.9 Å². The third-order valence-electron chi connectivity index (χ3n) is 8.23. The molecule has 2 amide bonds. The zero-order valence-corrected chi connectivity index (χ0v) is 21.5. The second-order valence-electron chi connectivity index (χ2n) is 11.1. The van der Waals surface area contributed by atoms with Gasteiger partial charge in [0.15, 0.2) is 0 Å². The highest BCUT2D eigenvalue weighted by Crippen LogP contribution is 2.65. The lowest BCUT2D eigenvalue weighted by Gasteiger charge is -2.59. The lowest BCUT2D eigenvalue weighted by Crippen LogP contribution is -2.61. The molecule has 4 aliphatic rings. The second-order valence-corrected chi connectivity index (χ2v) is 11.1. The number of likely N-dealkylation sites (N-methyl/N-ethyl adjacent to an activating group) is 1. The Bertz CT molecular complexity index is 1050. The number of methoxy groups -OCH3 is 2. The molecule has 3 atom stereocenters. The highest BCUT2D eigenvalue weighted by Gasteiger charge is 2.63. The number of hydrogen-bond acceptors (Lipinski definition) is 6. The summed E-state index contributed by atoms with van der Waals surface area (Å²) in [5.41, 5.74) is 0.472. The monoisotopic (exact) mass is 496 g/mol.